The Labute approximate surface area is 218 Å². The maximum absolute atomic E-state index is 13.0. The van der Waals surface area contributed by atoms with E-state index in [1.54, 1.807) is 25.1 Å². The van der Waals surface area contributed by atoms with Gasteiger partial charge in [0.1, 0.15) is 35.4 Å². The summed E-state index contributed by atoms with van der Waals surface area (Å²) in [5.41, 5.74) is 0.881. The number of phenolic OH excluding ortho intramolecular Hbond substituents is 1. The number of nitrogens with zero attached hydrogens (tertiary/aromatic N) is 2. The van der Waals surface area contributed by atoms with E-state index in [1.807, 2.05) is 0 Å². The number of likely N-dealkylation sites (N-methyl/N-ethyl adjacent to an activating group) is 1. The fraction of sp³-hybridized carbons (Fsp3) is 0.607. The van der Waals surface area contributed by atoms with E-state index in [0.717, 1.165) is 45.6 Å². The minimum absolute atomic E-state index is 0.0438. The molecular weight excluding hydrogens is 476 g/mol. The van der Waals surface area contributed by atoms with Crippen LogP contribution in [0, 0.1) is 0 Å². The van der Waals surface area contributed by atoms with Gasteiger partial charge in [0, 0.05) is 50.7 Å². The number of hydrogen-bond acceptors (Lipinski definition) is 9. The summed E-state index contributed by atoms with van der Waals surface area (Å²) in [5.74, 6) is -0.421. The van der Waals surface area contributed by atoms with E-state index in [2.05, 4.69) is 23.4 Å². The number of carbonyl (C=O) groups is 1. The first-order chi connectivity index (χ1) is 17.7. The number of aromatic hydroxyl groups is 1. The standard InChI is InChI=1S/C28H40N2O7/c1-18-7-6-8-19(2)36-28(34)25-21(27-24(37-27)17-23(32)26(18)33)15-20(16-22(25)31)35-14-5-4-9-30-12-10-29(3)11-13-30/h6-7,15-16,19,23-24,26-27,31-33H,1,4-5,8-14,17H2,2-3H3/b7-6-/t19-,23-,24+,26+,27+/m0/s1. The molecule has 0 amide bonds. The predicted molar refractivity (Wildman–Crippen MR) is 139 cm³/mol. The molecule has 9 heteroatoms. The van der Waals surface area contributed by atoms with Gasteiger partial charge in [-0.1, -0.05) is 18.7 Å². The number of aliphatic hydroxyl groups is 2. The molecule has 4 rings (SSSR count). The molecule has 0 unspecified atom stereocenters. The maximum atomic E-state index is 13.0. The van der Waals surface area contributed by atoms with Crippen LogP contribution < -0.4 is 4.74 Å². The number of rotatable bonds is 6. The summed E-state index contributed by atoms with van der Waals surface area (Å²) in [6.45, 7) is 11.5. The summed E-state index contributed by atoms with van der Waals surface area (Å²) in [7, 11) is 2.15. The van der Waals surface area contributed by atoms with Gasteiger partial charge in [-0.15, -0.1) is 0 Å². The summed E-state index contributed by atoms with van der Waals surface area (Å²) < 4.78 is 17.3. The van der Waals surface area contributed by atoms with Gasteiger partial charge in [-0.2, -0.15) is 0 Å². The molecule has 0 aliphatic carbocycles. The Balaban J connectivity index is 1.43. The van der Waals surface area contributed by atoms with E-state index in [-0.39, 0.29) is 17.7 Å². The van der Waals surface area contributed by atoms with E-state index in [4.69, 9.17) is 14.2 Å². The zero-order valence-corrected chi connectivity index (χ0v) is 21.8. The number of cyclic esters (lactones) is 1. The molecule has 3 N–H and O–H groups in total. The van der Waals surface area contributed by atoms with Crippen molar-refractivity contribution in [3.63, 3.8) is 0 Å². The van der Waals surface area contributed by atoms with E-state index in [9.17, 15) is 20.1 Å². The van der Waals surface area contributed by atoms with Crippen LogP contribution in [0.3, 0.4) is 0 Å². The number of esters is 1. The molecule has 3 heterocycles. The van der Waals surface area contributed by atoms with Crippen LogP contribution in [0.2, 0.25) is 0 Å². The summed E-state index contributed by atoms with van der Waals surface area (Å²) in [4.78, 5) is 17.8. The van der Waals surface area contributed by atoms with Crippen LogP contribution in [0.1, 0.15) is 54.6 Å². The minimum Gasteiger partial charge on any atom is -0.507 e. The van der Waals surface area contributed by atoms with Crippen molar-refractivity contribution in [3.05, 3.63) is 47.6 Å². The lowest BCUT2D eigenvalue weighted by Crippen LogP contribution is -2.44. The quantitative estimate of drug-likeness (QED) is 0.298. The van der Waals surface area contributed by atoms with Crippen LogP contribution in [0.15, 0.2) is 36.4 Å². The van der Waals surface area contributed by atoms with Crippen molar-refractivity contribution >= 4 is 5.97 Å². The van der Waals surface area contributed by atoms with Crippen molar-refractivity contribution in [2.75, 3.05) is 46.4 Å². The van der Waals surface area contributed by atoms with Crippen LogP contribution in [-0.2, 0) is 9.47 Å². The van der Waals surface area contributed by atoms with E-state index in [1.165, 1.54) is 6.07 Å². The van der Waals surface area contributed by atoms with Crippen molar-refractivity contribution < 1.29 is 34.3 Å². The van der Waals surface area contributed by atoms with Gasteiger partial charge >= 0.3 is 5.97 Å². The van der Waals surface area contributed by atoms with Gasteiger partial charge in [0.25, 0.3) is 0 Å². The van der Waals surface area contributed by atoms with Crippen LogP contribution in [0.25, 0.3) is 0 Å². The number of hydrogen-bond donors (Lipinski definition) is 3. The second-order valence-corrected chi connectivity index (χ2v) is 10.4. The SMILES string of the molecule is C=C1/C=C\C[C@H](C)OC(=O)c2c(O)cc(OCCCCN3CCN(C)CC3)cc2[C@H]2O[C@@H]2C[C@H](O)[C@@H]1O. The molecule has 0 radical (unpaired) electrons. The molecule has 2 fully saturated rings. The average Bonchev–Trinajstić information content (AvgIpc) is 3.62. The van der Waals surface area contributed by atoms with E-state index in [0.29, 0.717) is 29.9 Å². The molecule has 204 valence electrons. The largest absolute Gasteiger partial charge is 0.507 e. The monoisotopic (exact) mass is 516 g/mol. The highest BCUT2D eigenvalue weighted by Gasteiger charge is 2.45. The highest BCUT2D eigenvalue weighted by Crippen LogP contribution is 2.46. The highest BCUT2D eigenvalue weighted by atomic mass is 16.6. The van der Waals surface area contributed by atoms with Crippen molar-refractivity contribution in [2.24, 2.45) is 0 Å². The normalized spacial score (nSPS) is 30.5. The van der Waals surface area contributed by atoms with Crippen molar-refractivity contribution in [3.8, 4) is 11.5 Å². The molecule has 0 saturated carbocycles. The van der Waals surface area contributed by atoms with Gasteiger partial charge in [-0.25, -0.2) is 4.79 Å². The Morgan fingerprint density at radius 1 is 1.16 bits per heavy atom. The molecule has 0 aromatic heterocycles. The third-order valence-electron chi connectivity index (χ3n) is 7.27. The van der Waals surface area contributed by atoms with Gasteiger partial charge in [0.2, 0.25) is 0 Å². The second-order valence-electron chi connectivity index (χ2n) is 10.4. The zero-order valence-electron chi connectivity index (χ0n) is 21.8. The number of piperazine rings is 1. The first-order valence-corrected chi connectivity index (χ1v) is 13.2. The number of phenols is 1. The molecule has 2 saturated heterocycles. The number of epoxide rings is 1. The third-order valence-corrected chi connectivity index (χ3v) is 7.27. The van der Waals surface area contributed by atoms with Crippen LogP contribution in [0.4, 0.5) is 0 Å². The Morgan fingerprint density at radius 2 is 1.92 bits per heavy atom. The van der Waals surface area contributed by atoms with Gasteiger partial charge < -0.3 is 39.3 Å². The maximum Gasteiger partial charge on any atom is 0.342 e. The van der Waals surface area contributed by atoms with E-state index >= 15 is 0 Å². The van der Waals surface area contributed by atoms with E-state index < -0.39 is 36.5 Å². The topological polar surface area (TPSA) is 115 Å². The molecule has 0 bridgehead atoms. The number of unbranched alkanes of at least 4 members (excludes halogenated alkanes) is 1. The average molecular weight is 517 g/mol. The summed E-state index contributed by atoms with van der Waals surface area (Å²) >= 11 is 0. The van der Waals surface area contributed by atoms with Crippen molar-refractivity contribution in [1.29, 1.82) is 0 Å². The van der Waals surface area contributed by atoms with Gasteiger partial charge in [-0.05, 0) is 45.0 Å². The van der Waals surface area contributed by atoms with Gasteiger partial charge in [-0.3, -0.25) is 0 Å². The number of benzene rings is 1. The first-order valence-electron chi connectivity index (χ1n) is 13.2. The Hall–Kier alpha value is -2.43. The van der Waals surface area contributed by atoms with Crippen molar-refractivity contribution in [2.45, 2.75) is 63.1 Å². The number of aliphatic hydroxyl groups excluding tert-OH is 2. The highest BCUT2D eigenvalue weighted by molar-refractivity contribution is 5.95. The summed E-state index contributed by atoms with van der Waals surface area (Å²) in [6, 6.07) is 3.15. The molecule has 1 aromatic rings. The Bertz CT molecular complexity index is 989. The fourth-order valence-electron chi connectivity index (χ4n) is 4.86. The smallest absolute Gasteiger partial charge is 0.342 e. The first kappa shape index (κ1) is 27.6. The second kappa shape index (κ2) is 12.4. The minimum atomic E-state index is -1.13. The van der Waals surface area contributed by atoms with Gasteiger partial charge in [0.05, 0.1) is 18.8 Å². The molecule has 5 atom stereocenters. The lowest BCUT2D eigenvalue weighted by atomic mass is 9.96. The lowest BCUT2D eigenvalue weighted by Gasteiger charge is -2.32. The van der Waals surface area contributed by atoms with Gasteiger partial charge in [0.15, 0.2) is 0 Å². The molecule has 3 aliphatic rings. The summed E-state index contributed by atoms with van der Waals surface area (Å²) in [5, 5.41) is 31.7. The van der Waals surface area contributed by atoms with Crippen molar-refractivity contribution in [1.82, 2.24) is 9.80 Å². The number of ether oxygens (including phenoxy) is 3. The lowest BCUT2D eigenvalue weighted by molar-refractivity contribution is 0.0332. The van der Waals surface area contributed by atoms with Crippen LogP contribution in [0.5, 0.6) is 11.5 Å². The third kappa shape index (κ3) is 7.33. The molecule has 0 spiro atoms. The van der Waals surface area contributed by atoms with Crippen LogP contribution in [-0.4, -0.2) is 102 Å². The number of fused-ring (bicyclic) bond motifs is 3. The molecule has 1 aromatic carbocycles. The molecule has 37 heavy (non-hydrogen) atoms. The van der Waals surface area contributed by atoms with Crippen LogP contribution >= 0.6 is 0 Å². The molecule has 3 aliphatic heterocycles. The molecular formula is C28H40N2O7. The zero-order chi connectivity index (χ0) is 26.5. The predicted octanol–water partition coefficient (Wildman–Crippen LogP) is 2.41. The Morgan fingerprint density at radius 3 is 2.68 bits per heavy atom. The Kier molecular flexibility index (Phi) is 9.26. The number of carbonyl (C=O) groups excluding carboxylic acids is 1. The summed E-state index contributed by atoms with van der Waals surface area (Å²) in [6.07, 6.45) is 2.16. The molecule has 9 nitrogen and oxygen atoms in total. The fourth-order valence-corrected chi connectivity index (χ4v) is 4.86.